The first-order valence-corrected chi connectivity index (χ1v) is 7.83. The number of rotatable bonds is 2. The van der Waals surface area contributed by atoms with Crippen LogP contribution >= 0.6 is 0 Å². The van der Waals surface area contributed by atoms with Gasteiger partial charge < -0.3 is 9.15 Å². The van der Waals surface area contributed by atoms with E-state index in [1.54, 1.807) is 6.26 Å². The summed E-state index contributed by atoms with van der Waals surface area (Å²) in [5, 5.41) is 0. The molecule has 4 rings (SSSR count). The molecule has 0 amide bonds. The Morgan fingerprint density at radius 3 is 3.05 bits per heavy atom. The van der Waals surface area contributed by atoms with E-state index in [-0.39, 0.29) is 6.10 Å². The normalized spacial score (nSPS) is 21.7. The van der Waals surface area contributed by atoms with Crippen molar-refractivity contribution in [3.8, 4) is 5.75 Å². The number of hydrogen-bond donors (Lipinski definition) is 0. The van der Waals surface area contributed by atoms with Crippen LogP contribution < -0.4 is 4.74 Å². The lowest BCUT2D eigenvalue weighted by molar-refractivity contribution is 0.118. The molecule has 2 aromatic rings. The second-order valence-corrected chi connectivity index (χ2v) is 6.20. The first kappa shape index (κ1) is 13.0. The summed E-state index contributed by atoms with van der Waals surface area (Å²) in [6.07, 6.45) is 6.76. The van der Waals surface area contributed by atoms with Crippen LogP contribution in [0.25, 0.3) is 0 Å². The Morgan fingerprint density at radius 1 is 1.19 bits per heavy atom. The maximum Gasteiger partial charge on any atom is 0.140 e. The molecule has 3 heteroatoms. The fourth-order valence-corrected chi connectivity index (χ4v) is 3.57. The van der Waals surface area contributed by atoms with Gasteiger partial charge in [-0.05, 0) is 56.0 Å². The van der Waals surface area contributed by atoms with Crippen LogP contribution in [0.15, 0.2) is 34.9 Å². The Bertz CT molecular complexity index is 646. The lowest BCUT2D eigenvalue weighted by atomic mass is 9.91. The van der Waals surface area contributed by atoms with Crippen LogP contribution in [-0.4, -0.2) is 18.5 Å². The minimum absolute atomic E-state index is 0.0749. The third-order valence-corrected chi connectivity index (χ3v) is 4.64. The predicted octanol–water partition coefficient (Wildman–Crippen LogP) is 3.72. The van der Waals surface area contributed by atoms with E-state index in [4.69, 9.17) is 9.15 Å². The van der Waals surface area contributed by atoms with E-state index in [0.717, 1.165) is 31.0 Å². The summed E-state index contributed by atoms with van der Waals surface area (Å²) >= 11 is 0. The highest BCUT2D eigenvalue weighted by molar-refractivity contribution is 5.42. The fourth-order valence-electron chi connectivity index (χ4n) is 3.57. The van der Waals surface area contributed by atoms with Crippen LogP contribution in [0, 0.1) is 0 Å². The van der Waals surface area contributed by atoms with Gasteiger partial charge in [-0.1, -0.05) is 12.1 Å². The molecule has 110 valence electrons. The van der Waals surface area contributed by atoms with Gasteiger partial charge in [-0.3, -0.25) is 4.90 Å². The van der Waals surface area contributed by atoms with Gasteiger partial charge in [0.2, 0.25) is 0 Å². The quantitative estimate of drug-likeness (QED) is 0.840. The van der Waals surface area contributed by atoms with Crippen molar-refractivity contribution in [3.05, 3.63) is 53.0 Å². The highest BCUT2D eigenvalue weighted by Gasteiger charge is 2.28. The van der Waals surface area contributed by atoms with Gasteiger partial charge in [-0.2, -0.15) is 0 Å². The zero-order valence-corrected chi connectivity index (χ0v) is 12.5. The van der Waals surface area contributed by atoms with Crippen molar-refractivity contribution in [2.75, 3.05) is 13.6 Å². The molecule has 1 aromatic heterocycles. The molecule has 1 unspecified atom stereocenters. The molecule has 1 aromatic carbocycles. The SMILES string of the molecule is CN1Cc2occc2C(Oc2cccc3c2CCCC3)C1. The topological polar surface area (TPSA) is 25.6 Å². The molecular weight excluding hydrogens is 262 g/mol. The highest BCUT2D eigenvalue weighted by Crippen LogP contribution is 2.35. The Hall–Kier alpha value is -1.74. The molecule has 1 atom stereocenters. The molecule has 0 N–H and O–H groups in total. The van der Waals surface area contributed by atoms with Crippen molar-refractivity contribution >= 4 is 0 Å². The molecule has 3 nitrogen and oxygen atoms in total. The second kappa shape index (κ2) is 5.23. The summed E-state index contributed by atoms with van der Waals surface area (Å²) in [4.78, 5) is 2.26. The molecule has 0 bridgehead atoms. The van der Waals surface area contributed by atoms with Gasteiger partial charge in [0.15, 0.2) is 0 Å². The number of nitrogens with zero attached hydrogens (tertiary/aromatic N) is 1. The summed E-state index contributed by atoms with van der Waals surface area (Å²) in [6, 6.07) is 8.56. The third-order valence-electron chi connectivity index (χ3n) is 4.64. The maximum atomic E-state index is 6.41. The number of ether oxygens (including phenoxy) is 1. The van der Waals surface area contributed by atoms with E-state index in [0.29, 0.717) is 0 Å². The molecule has 2 aliphatic rings. The third kappa shape index (κ3) is 2.36. The van der Waals surface area contributed by atoms with E-state index in [9.17, 15) is 0 Å². The van der Waals surface area contributed by atoms with Crippen molar-refractivity contribution in [3.63, 3.8) is 0 Å². The summed E-state index contributed by atoms with van der Waals surface area (Å²) in [7, 11) is 2.11. The fraction of sp³-hybridized carbons (Fsp3) is 0.444. The lowest BCUT2D eigenvalue weighted by Gasteiger charge is -2.30. The van der Waals surface area contributed by atoms with Gasteiger partial charge in [0.25, 0.3) is 0 Å². The molecule has 0 saturated carbocycles. The highest BCUT2D eigenvalue weighted by atomic mass is 16.5. The molecule has 21 heavy (non-hydrogen) atoms. The zero-order chi connectivity index (χ0) is 14.2. The molecule has 0 fully saturated rings. The van der Waals surface area contributed by atoms with Gasteiger partial charge in [0, 0.05) is 12.1 Å². The van der Waals surface area contributed by atoms with Crippen molar-refractivity contribution in [1.29, 1.82) is 0 Å². The van der Waals surface area contributed by atoms with Gasteiger partial charge in [0.1, 0.15) is 17.6 Å². The monoisotopic (exact) mass is 283 g/mol. The van der Waals surface area contributed by atoms with Crippen molar-refractivity contribution < 1.29 is 9.15 Å². The van der Waals surface area contributed by atoms with Gasteiger partial charge >= 0.3 is 0 Å². The van der Waals surface area contributed by atoms with Crippen LogP contribution in [-0.2, 0) is 19.4 Å². The Balaban J connectivity index is 1.65. The van der Waals surface area contributed by atoms with Crippen LogP contribution in [0.4, 0.5) is 0 Å². The van der Waals surface area contributed by atoms with E-state index >= 15 is 0 Å². The number of likely N-dealkylation sites (N-methyl/N-ethyl adjacent to an activating group) is 1. The van der Waals surface area contributed by atoms with Crippen molar-refractivity contribution in [1.82, 2.24) is 4.90 Å². The van der Waals surface area contributed by atoms with Gasteiger partial charge in [-0.25, -0.2) is 0 Å². The largest absolute Gasteiger partial charge is 0.484 e. The minimum Gasteiger partial charge on any atom is -0.484 e. The van der Waals surface area contributed by atoms with Crippen molar-refractivity contribution in [2.24, 2.45) is 0 Å². The average Bonchev–Trinajstić information content (AvgIpc) is 2.96. The summed E-state index contributed by atoms with van der Waals surface area (Å²) in [6.45, 7) is 1.78. The van der Waals surface area contributed by atoms with Crippen LogP contribution in [0.1, 0.15) is 41.4 Å². The lowest BCUT2D eigenvalue weighted by Crippen LogP contribution is -2.32. The van der Waals surface area contributed by atoms with Crippen LogP contribution in [0.2, 0.25) is 0 Å². The second-order valence-electron chi connectivity index (χ2n) is 6.20. The number of benzene rings is 1. The van der Waals surface area contributed by atoms with Crippen molar-refractivity contribution in [2.45, 2.75) is 38.3 Å². The summed E-state index contributed by atoms with van der Waals surface area (Å²) in [5.41, 5.74) is 4.10. The van der Waals surface area contributed by atoms with E-state index in [1.807, 2.05) is 0 Å². The van der Waals surface area contributed by atoms with E-state index < -0.39 is 0 Å². The number of fused-ring (bicyclic) bond motifs is 2. The Labute approximate surface area is 125 Å². The van der Waals surface area contributed by atoms with Gasteiger partial charge in [0.05, 0.1) is 12.8 Å². The molecule has 1 aliphatic carbocycles. The average molecular weight is 283 g/mol. The first-order valence-electron chi connectivity index (χ1n) is 7.83. The predicted molar refractivity (Wildman–Crippen MR) is 81.5 cm³/mol. The molecular formula is C18H21NO2. The Morgan fingerprint density at radius 2 is 2.10 bits per heavy atom. The molecule has 0 spiro atoms. The summed E-state index contributed by atoms with van der Waals surface area (Å²) in [5.74, 6) is 2.11. The van der Waals surface area contributed by atoms with Crippen LogP contribution in [0.5, 0.6) is 5.75 Å². The van der Waals surface area contributed by atoms with Crippen LogP contribution in [0.3, 0.4) is 0 Å². The van der Waals surface area contributed by atoms with E-state index in [2.05, 4.69) is 36.2 Å². The summed E-state index contributed by atoms with van der Waals surface area (Å²) < 4.78 is 12.0. The standard InChI is InChI=1S/C18H21NO2/c1-19-11-17-15(9-10-20-17)18(12-19)21-16-8-4-6-13-5-2-3-7-14(13)16/h4,6,8-10,18H,2-3,5,7,11-12H2,1H3. The number of aryl methyl sites for hydroxylation is 1. The van der Waals surface area contributed by atoms with Gasteiger partial charge in [-0.15, -0.1) is 0 Å². The number of furan rings is 1. The smallest absolute Gasteiger partial charge is 0.140 e. The molecule has 1 aliphatic heterocycles. The zero-order valence-electron chi connectivity index (χ0n) is 12.5. The molecule has 0 radical (unpaired) electrons. The molecule has 2 heterocycles. The first-order chi connectivity index (χ1) is 10.3. The minimum atomic E-state index is 0.0749. The molecule has 0 saturated heterocycles. The number of hydrogen-bond acceptors (Lipinski definition) is 3. The maximum absolute atomic E-state index is 6.41. The Kier molecular flexibility index (Phi) is 3.23. The van der Waals surface area contributed by atoms with E-state index in [1.165, 1.54) is 36.0 Å².